The summed E-state index contributed by atoms with van der Waals surface area (Å²) in [5.41, 5.74) is 6.81. The van der Waals surface area contributed by atoms with Crippen LogP contribution in [-0.4, -0.2) is 14.3 Å². The van der Waals surface area contributed by atoms with Crippen molar-refractivity contribution in [2.75, 3.05) is 5.73 Å². The van der Waals surface area contributed by atoms with Gasteiger partial charge in [0.25, 0.3) is 0 Å². The summed E-state index contributed by atoms with van der Waals surface area (Å²) in [7, 11) is 0. The predicted molar refractivity (Wildman–Crippen MR) is 69.5 cm³/mol. The fraction of sp³-hybridized carbons (Fsp3) is 0. The molecule has 19 heavy (non-hydrogen) atoms. The van der Waals surface area contributed by atoms with Crippen molar-refractivity contribution in [3.8, 4) is 10.6 Å². The Hall–Kier alpha value is -2.48. The molecule has 0 saturated carbocycles. The molecule has 3 rings (SSSR count). The fourth-order valence-electron chi connectivity index (χ4n) is 1.77. The van der Waals surface area contributed by atoms with Crippen molar-refractivity contribution >= 4 is 27.8 Å². The molecule has 0 saturated heterocycles. The molecule has 3 aromatic heterocycles. The maximum absolute atomic E-state index is 13.1. The van der Waals surface area contributed by atoms with E-state index in [2.05, 4.69) is 4.98 Å². The van der Waals surface area contributed by atoms with Crippen molar-refractivity contribution in [3.05, 3.63) is 46.4 Å². The maximum atomic E-state index is 13.1. The zero-order valence-corrected chi connectivity index (χ0v) is 10.2. The number of nitrogen functional groups attached to an aromatic ring is 1. The van der Waals surface area contributed by atoms with Crippen LogP contribution < -0.4 is 5.73 Å². The Kier molecular flexibility index (Phi) is 2.46. The topological polar surface area (TPSA) is 86.5 Å². The van der Waals surface area contributed by atoms with Gasteiger partial charge in [-0.3, -0.25) is 14.5 Å². The number of nitro groups is 1. The van der Waals surface area contributed by atoms with Gasteiger partial charge in [0.05, 0.1) is 9.80 Å². The minimum absolute atomic E-state index is 0.0117. The van der Waals surface area contributed by atoms with Crippen molar-refractivity contribution in [3.63, 3.8) is 0 Å². The third kappa shape index (κ3) is 1.82. The fourth-order valence-corrected chi connectivity index (χ4v) is 2.59. The minimum atomic E-state index is -0.472. The summed E-state index contributed by atoms with van der Waals surface area (Å²) in [6.07, 6.45) is 1.23. The highest BCUT2D eigenvalue weighted by Crippen LogP contribution is 2.35. The van der Waals surface area contributed by atoms with Crippen LogP contribution in [0.15, 0.2) is 30.5 Å². The number of pyridine rings is 1. The zero-order valence-electron chi connectivity index (χ0n) is 9.41. The molecule has 3 aromatic rings. The Bertz CT molecular complexity index is 795. The van der Waals surface area contributed by atoms with Crippen LogP contribution in [0, 0.1) is 15.9 Å². The molecule has 0 fully saturated rings. The number of fused-ring (bicyclic) bond motifs is 1. The second kappa shape index (κ2) is 4.02. The first-order valence-corrected chi connectivity index (χ1v) is 6.05. The first-order chi connectivity index (χ1) is 9.06. The Balaban J connectivity index is 2.19. The van der Waals surface area contributed by atoms with Crippen LogP contribution in [0.5, 0.6) is 0 Å². The summed E-state index contributed by atoms with van der Waals surface area (Å²) in [6.45, 7) is 0. The largest absolute Gasteiger partial charge is 0.383 e. The molecule has 0 aliphatic rings. The molecule has 0 amide bonds. The average Bonchev–Trinajstić information content (AvgIpc) is 2.95. The van der Waals surface area contributed by atoms with Crippen LogP contribution in [0.25, 0.3) is 16.2 Å². The Morgan fingerprint density at radius 3 is 2.84 bits per heavy atom. The number of nitrogens with zero attached hydrogens (tertiary/aromatic N) is 3. The highest BCUT2D eigenvalue weighted by molar-refractivity contribution is 7.18. The van der Waals surface area contributed by atoms with Gasteiger partial charge in [0.2, 0.25) is 0 Å². The van der Waals surface area contributed by atoms with E-state index in [1.807, 2.05) is 0 Å². The van der Waals surface area contributed by atoms with E-state index in [-0.39, 0.29) is 10.8 Å². The molecule has 96 valence electrons. The molecule has 0 aliphatic carbocycles. The molecule has 0 bridgehead atoms. The molecule has 3 heterocycles. The molecule has 8 heteroatoms. The van der Waals surface area contributed by atoms with Crippen molar-refractivity contribution in [1.82, 2.24) is 9.38 Å². The number of thiophene rings is 1. The predicted octanol–water partition coefficient (Wildman–Crippen LogP) is 2.69. The SMILES string of the molecule is Nc1c(-c2ccc([N+](=O)[O-])s2)nc2ccc(F)cn12. The number of anilines is 1. The molecule has 0 radical (unpaired) electrons. The van der Waals surface area contributed by atoms with Crippen LogP contribution in [0.1, 0.15) is 0 Å². The number of hydrogen-bond acceptors (Lipinski definition) is 5. The third-order valence-corrected chi connectivity index (χ3v) is 3.67. The van der Waals surface area contributed by atoms with Gasteiger partial charge >= 0.3 is 5.00 Å². The van der Waals surface area contributed by atoms with Crippen molar-refractivity contribution in [2.24, 2.45) is 0 Å². The maximum Gasteiger partial charge on any atom is 0.324 e. The smallest absolute Gasteiger partial charge is 0.324 e. The molecule has 2 N–H and O–H groups in total. The van der Waals surface area contributed by atoms with Gasteiger partial charge in [-0.2, -0.15) is 0 Å². The lowest BCUT2D eigenvalue weighted by Crippen LogP contribution is -1.94. The monoisotopic (exact) mass is 278 g/mol. The van der Waals surface area contributed by atoms with Gasteiger partial charge in [-0.05, 0) is 18.2 Å². The van der Waals surface area contributed by atoms with Crippen LogP contribution in [0.2, 0.25) is 0 Å². The van der Waals surface area contributed by atoms with Crippen LogP contribution in [0.4, 0.5) is 15.2 Å². The van der Waals surface area contributed by atoms with E-state index in [1.54, 1.807) is 6.07 Å². The highest BCUT2D eigenvalue weighted by Gasteiger charge is 2.17. The normalized spacial score (nSPS) is 11.0. The number of aromatic nitrogens is 2. The molecule has 6 nitrogen and oxygen atoms in total. The molecule has 0 unspecified atom stereocenters. The van der Waals surface area contributed by atoms with E-state index >= 15 is 0 Å². The second-order valence-corrected chi connectivity index (χ2v) is 4.88. The van der Waals surface area contributed by atoms with Crippen molar-refractivity contribution in [2.45, 2.75) is 0 Å². The zero-order chi connectivity index (χ0) is 13.6. The Morgan fingerprint density at radius 1 is 1.37 bits per heavy atom. The second-order valence-electron chi connectivity index (χ2n) is 3.82. The quantitative estimate of drug-likeness (QED) is 0.576. The van der Waals surface area contributed by atoms with E-state index < -0.39 is 10.7 Å². The van der Waals surface area contributed by atoms with Gasteiger partial charge in [0.15, 0.2) is 0 Å². The molecule has 0 atom stereocenters. The lowest BCUT2D eigenvalue weighted by atomic mass is 10.3. The third-order valence-electron chi connectivity index (χ3n) is 2.62. The molecule has 0 aromatic carbocycles. The van der Waals surface area contributed by atoms with E-state index in [9.17, 15) is 14.5 Å². The van der Waals surface area contributed by atoms with Crippen LogP contribution in [0.3, 0.4) is 0 Å². The minimum Gasteiger partial charge on any atom is -0.383 e. The molecule has 0 aliphatic heterocycles. The van der Waals surface area contributed by atoms with E-state index in [0.717, 1.165) is 11.3 Å². The summed E-state index contributed by atoms with van der Waals surface area (Å²) in [5, 5.41) is 10.7. The average molecular weight is 278 g/mol. The lowest BCUT2D eigenvalue weighted by molar-refractivity contribution is -0.380. The lowest BCUT2D eigenvalue weighted by Gasteiger charge is -1.96. The van der Waals surface area contributed by atoms with Crippen molar-refractivity contribution < 1.29 is 9.31 Å². The van der Waals surface area contributed by atoms with Gasteiger partial charge in [-0.25, -0.2) is 9.37 Å². The number of rotatable bonds is 2. The molecular formula is C11H7FN4O2S. The standard InChI is InChI=1S/C11H7FN4O2S/c12-6-1-3-8-14-10(11(13)15(8)5-6)7-2-4-9(19-7)16(17)18/h1-5H,13H2. The summed E-state index contributed by atoms with van der Waals surface area (Å²) in [6, 6.07) is 5.75. The van der Waals surface area contributed by atoms with Crippen molar-refractivity contribution in [1.29, 1.82) is 0 Å². The van der Waals surface area contributed by atoms with E-state index in [4.69, 9.17) is 5.73 Å². The number of imidazole rings is 1. The molecular weight excluding hydrogens is 271 g/mol. The van der Waals surface area contributed by atoms with E-state index in [1.165, 1.54) is 28.8 Å². The summed E-state index contributed by atoms with van der Waals surface area (Å²) >= 11 is 0.979. The number of hydrogen-bond donors (Lipinski definition) is 1. The number of halogens is 1. The Labute approximate surface area is 110 Å². The van der Waals surface area contributed by atoms with E-state index in [0.29, 0.717) is 16.2 Å². The first-order valence-electron chi connectivity index (χ1n) is 5.24. The van der Waals surface area contributed by atoms with Crippen LogP contribution >= 0.6 is 11.3 Å². The summed E-state index contributed by atoms with van der Waals surface area (Å²) < 4.78 is 14.6. The van der Waals surface area contributed by atoms with Gasteiger partial charge in [0, 0.05) is 12.3 Å². The van der Waals surface area contributed by atoms with Gasteiger partial charge in [-0.1, -0.05) is 11.3 Å². The van der Waals surface area contributed by atoms with Gasteiger partial charge in [-0.15, -0.1) is 0 Å². The Morgan fingerprint density at radius 2 is 2.16 bits per heavy atom. The molecule has 0 spiro atoms. The summed E-state index contributed by atoms with van der Waals surface area (Å²) in [4.78, 5) is 15.0. The van der Waals surface area contributed by atoms with Gasteiger partial charge < -0.3 is 5.73 Å². The van der Waals surface area contributed by atoms with Gasteiger partial charge in [0.1, 0.15) is 23.0 Å². The number of nitrogens with two attached hydrogens (primary N) is 1. The first kappa shape index (κ1) is 11.6. The van der Waals surface area contributed by atoms with Crippen LogP contribution in [-0.2, 0) is 0 Å². The highest BCUT2D eigenvalue weighted by atomic mass is 32.1. The summed E-state index contributed by atoms with van der Waals surface area (Å²) in [5.74, 6) is -0.174.